The molecular weight excluding hydrogens is 339 g/mol. The van der Waals surface area contributed by atoms with Crippen molar-refractivity contribution in [3.8, 4) is 0 Å². The highest BCUT2D eigenvalue weighted by Gasteiger charge is 2.33. The number of hydrogen-bond acceptors (Lipinski definition) is 4. The minimum atomic E-state index is -0.271. The maximum Gasteiger partial charge on any atom is 0.257 e. The van der Waals surface area contributed by atoms with E-state index in [0.717, 1.165) is 18.4 Å². The number of rotatable bonds is 6. The molecule has 4 nitrogen and oxygen atoms in total. The topological polar surface area (TPSA) is 46.3 Å². The zero-order chi connectivity index (χ0) is 17.2. The third-order valence-electron chi connectivity index (χ3n) is 4.20. The Morgan fingerprint density at radius 3 is 2.72 bits per heavy atom. The molecule has 25 heavy (non-hydrogen) atoms. The Morgan fingerprint density at radius 2 is 1.96 bits per heavy atom. The first-order valence-electron chi connectivity index (χ1n) is 8.22. The van der Waals surface area contributed by atoms with E-state index >= 15 is 0 Å². The van der Waals surface area contributed by atoms with E-state index in [0.29, 0.717) is 22.9 Å². The third kappa shape index (κ3) is 3.69. The summed E-state index contributed by atoms with van der Waals surface area (Å²) < 4.78 is 19.5. The van der Waals surface area contributed by atoms with Gasteiger partial charge >= 0.3 is 0 Å². The molecule has 0 N–H and O–H groups in total. The van der Waals surface area contributed by atoms with Crippen LogP contribution in [0.25, 0.3) is 11.1 Å². The highest BCUT2D eigenvalue weighted by atomic mass is 32.2. The van der Waals surface area contributed by atoms with E-state index in [9.17, 15) is 9.18 Å². The average molecular weight is 356 g/mol. The molecule has 1 aliphatic carbocycles. The van der Waals surface area contributed by atoms with Crippen molar-refractivity contribution in [2.75, 3.05) is 5.75 Å². The van der Waals surface area contributed by atoms with Gasteiger partial charge in [0.05, 0.1) is 5.75 Å². The lowest BCUT2D eigenvalue weighted by atomic mass is 10.2. The van der Waals surface area contributed by atoms with Gasteiger partial charge in [-0.2, -0.15) is 0 Å². The van der Waals surface area contributed by atoms with Gasteiger partial charge in [0.1, 0.15) is 11.3 Å². The molecule has 1 heterocycles. The van der Waals surface area contributed by atoms with Gasteiger partial charge in [0.25, 0.3) is 5.22 Å². The Kier molecular flexibility index (Phi) is 4.44. The number of carbonyl (C=O) groups is 1. The summed E-state index contributed by atoms with van der Waals surface area (Å²) in [5.41, 5.74) is 2.04. The summed E-state index contributed by atoms with van der Waals surface area (Å²) in [5, 5.41) is 0.483. The van der Waals surface area contributed by atoms with Crippen LogP contribution in [0.5, 0.6) is 0 Å². The first kappa shape index (κ1) is 16.1. The number of benzene rings is 2. The highest BCUT2D eigenvalue weighted by Crippen LogP contribution is 2.30. The zero-order valence-electron chi connectivity index (χ0n) is 13.5. The Morgan fingerprint density at radius 1 is 1.20 bits per heavy atom. The minimum Gasteiger partial charge on any atom is -0.431 e. The number of para-hydroxylation sites is 2. The normalized spacial score (nSPS) is 14.0. The number of hydrogen-bond donors (Lipinski definition) is 0. The number of halogens is 1. The molecule has 1 saturated carbocycles. The number of oxazole rings is 1. The van der Waals surface area contributed by atoms with Gasteiger partial charge in [-0.3, -0.25) is 4.79 Å². The highest BCUT2D eigenvalue weighted by molar-refractivity contribution is 7.99. The van der Waals surface area contributed by atoms with Crippen molar-refractivity contribution in [3.63, 3.8) is 0 Å². The molecule has 1 aromatic heterocycles. The first-order valence-corrected chi connectivity index (χ1v) is 9.20. The van der Waals surface area contributed by atoms with Gasteiger partial charge in [0.15, 0.2) is 5.58 Å². The molecule has 2 aromatic carbocycles. The van der Waals surface area contributed by atoms with Gasteiger partial charge in [-0.25, -0.2) is 9.37 Å². The van der Waals surface area contributed by atoms with E-state index in [-0.39, 0.29) is 23.5 Å². The molecule has 0 aliphatic heterocycles. The number of nitrogens with zero attached hydrogens (tertiary/aromatic N) is 2. The van der Waals surface area contributed by atoms with Crippen LogP contribution in [-0.4, -0.2) is 27.6 Å². The number of amides is 1. The molecule has 4 rings (SSSR count). The molecule has 3 aromatic rings. The van der Waals surface area contributed by atoms with Crippen molar-refractivity contribution in [3.05, 3.63) is 59.9 Å². The molecule has 0 radical (unpaired) electrons. The van der Waals surface area contributed by atoms with Crippen LogP contribution in [0.4, 0.5) is 4.39 Å². The summed E-state index contributed by atoms with van der Waals surface area (Å²) >= 11 is 1.28. The molecule has 1 amide bonds. The van der Waals surface area contributed by atoms with Crippen LogP contribution in [-0.2, 0) is 11.3 Å². The van der Waals surface area contributed by atoms with Gasteiger partial charge < -0.3 is 9.32 Å². The van der Waals surface area contributed by atoms with Gasteiger partial charge in [-0.05, 0) is 31.0 Å². The fourth-order valence-corrected chi connectivity index (χ4v) is 3.46. The molecular formula is C19H17FN2O2S. The monoisotopic (exact) mass is 356 g/mol. The van der Waals surface area contributed by atoms with Gasteiger partial charge in [0.2, 0.25) is 5.91 Å². The molecule has 128 valence electrons. The Hall–Kier alpha value is -2.34. The number of thioether (sulfide) groups is 1. The molecule has 0 bridgehead atoms. The number of carbonyl (C=O) groups excluding carboxylic acids is 1. The molecule has 1 fully saturated rings. The summed E-state index contributed by atoms with van der Waals surface area (Å²) in [7, 11) is 0. The maximum atomic E-state index is 13.9. The smallest absolute Gasteiger partial charge is 0.257 e. The summed E-state index contributed by atoms with van der Waals surface area (Å²) in [6.07, 6.45) is 1.96. The van der Waals surface area contributed by atoms with Crippen LogP contribution in [0.15, 0.2) is 58.2 Å². The summed E-state index contributed by atoms with van der Waals surface area (Å²) in [6.45, 7) is 0.310. The van der Waals surface area contributed by atoms with Crippen LogP contribution in [0.2, 0.25) is 0 Å². The molecule has 0 unspecified atom stereocenters. The fraction of sp³-hybridized carbons (Fsp3) is 0.263. The SMILES string of the molecule is O=C(CSc1nc2ccccc2o1)N(Cc1ccccc1F)C1CC1. The second-order valence-electron chi connectivity index (χ2n) is 6.08. The second kappa shape index (κ2) is 6.88. The van der Waals surface area contributed by atoms with Crippen molar-refractivity contribution in [1.82, 2.24) is 9.88 Å². The molecule has 0 atom stereocenters. The van der Waals surface area contributed by atoms with Crippen molar-refractivity contribution >= 4 is 28.8 Å². The summed E-state index contributed by atoms with van der Waals surface area (Å²) in [5.74, 6) is -0.0526. The average Bonchev–Trinajstić information content (AvgIpc) is 3.37. The van der Waals surface area contributed by atoms with Crippen LogP contribution in [0.1, 0.15) is 18.4 Å². The molecule has 1 aliphatic rings. The summed E-state index contributed by atoms with van der Waals surface area (Å²) in [4.78, 5) is 18.8. The standard InChI is InChI=1S/C19H17FN2O2S/c20-15-6-2-1-5-13(15)11-22(14-9-10-14)18(23)12-25-19-21-16-7-3-4-8-17(16)24-19/h1-8,14H,9-12H2. The largest absolute Gasteiger partial charge is 0.431 e. The Balaban J connectivity index is 1.43. The van der Waals surface area contributed by atoms with E-state index in [2.05, 4.69) is 4.98 Å². The maximum absolute atomic E-state index is 13.9. The number of fused-ring (bicyclic) bond motifs is 1. The van der Waals surface area contributed by atoms with E-state index in [4.69, 9.17) is 4.42 Å². The Bertz CT molecular complexity index is 874. The lowest BCUT2D eigenvalue weighted by Crippen LogP contribution is -2.34. The molecule has 6 heteroatoms. The van der Waals surface area contributed by atoms with Crippen LogP contribution >= 0.6 is 11.8 Å². The van der Waals surface area contributed by atoms with Crippen molar-refractivity contribution in [2.24, 2.45) is 0 Å². The van der Waals surface area contributed by atoms with Gasteiger partial charge in [0, 0.05) is 18.2 Å². The molecule has 0 spiro atoms. The predicted octanol–water partition coefficient (Wildman–Crippen LogP) is 4.25. The van der Waals surface area contributed by atoms with Gasteiger partial charge in [-0.15, -0.1) is 0 Å². The third-order valence-corrected chi connectivity index (χ3v) is 5.01. The van der Waals surface area contributed by atoms with E-state index < -0.39 is 0 Å². The van der Waals surface area contributed by atoms with Crippen molar-refractivity contribution in [2.45, 2.75) is 30.7 Å². The summed E-state index contributed by atoms with van der Waals surface area (Å²) in [6, 6.07) is 14.3. The van der Waals surface area contributed by atoms with E-state index in [1.165, 1.54) is 17.8 Å². The van der Waals surface area contributed by atoms with Crippen LogP contribution in [0.3, 0.4) is 0 Å². The van der Waals surface area contributed by atoms with Crippen LogP contribution in [0, 0.1) is 5.82 Å². The zero-order valence-corrected chi connectivity index (χ0v) is 14.3. The van der Waals surface area contributed by atoms with E-state index in [1.807, 2.05) is 24.3 Å². The predicted molar refractivity (Wildman–Crippen MR) is 94.7 cm³/mol. The molecule has 0 saturated heterocycles. The lowest BCUT2D eigenvalue weighted by molar-refractivity contribution is -0.129. The quantitative estimate of drug-likeness (QED) is 0.620. The Labute approximate surface area is 149 Å². The first-order chi connectivity index (χ1) is 12.2. The number of aromatic nitrogens is 1. The van der Waals surface area contributed by atoms with Crippen molar-refractivity contribution < 1.29 is 13.6 Å². The van der Waals surface area contributed by atoms with Crippen LogP contribution < -0.4 is 0 Å². The fourth-order valence-electron chi connectivity index (χ4n) is 2.74. The van der Waals surface area contributed by atoms with E-state index in [1.54, 1.807) is 23.1 Å². The second-order valence-corrected chi connectivity index (χ2v) is 7.01. The minimum absolute atomic E-state index is 0.0157. The van der Waals surface area contributed by atoms with Gasteiger partial charge in [-0.1, -0.05) is 42.1 Å². The van der Waals surface area contributed by atoms with Crippen molar-refractivity contribution in [1.29, 1.82) is 0 Å². The lowest BCUT2D eigenvalue weighted by Gasteiger charge is -2.22.